The van der Waals surface area contributed by atoms with E-state index in [2.05, 4.69) is 241 Å². The Kier molecular flexibility index (Phi) is 45.3. The average molecular weight is 2020 g/mol. The second-order valence-electron chi connectivity index (χ2n) is 42.9. The molecule has 0 spiro atoms. The topological polar surface area (TPSA) is 383 Å². The number of carbonyl (C=O) groups is 7. The van der Waals surface area contributed by atoms with Gasteiger partial charge in [-0.15, -0.1) is 0 Å². The van der Waals surface area contributed by atoms with Gasteiger partial charge in [-0.25, -0.2) is 33.7 Å². The van der Waals surface area contributed by atoms with E-state index in [1.54, 1.807) is 56.2 Å². The zero-order chi connectivity index (χ0) is 106. The lowest BCUT2D eigenvalue weighted by atomic mass is 9.87. The number of nitrogens with one attached hydrogen (secondary N) is 7. The summed E-state index contributed by atoms with van der Waals surface area (Å²) in [6.07, 6.45) is 28.6. The summed E-state index contributed by atoms with van der Waals surface area (Å²) in [6.45, 7) is 61.8. The second kappa shape index (κ2) is 54.6. The maximum atomic E-state index is 13.7. The summed E-state index contributed by atoms with van der Waals surface area (Å²) >= 11 is 12.0. The number of likely N-dealkylation sites (tertiary alicyclic amines) is 7. The number of rotatable bonds is 23. The van der Waals surface area contributed by atoms with Crippen molar-refractivity contribution in [3.63, 3.8) is 0 Å². The van der Waals surface area contributed by atoms with Crippen molar-refractivity contribution in [3.8, 4) is 0 Å². The lowest BCUT2D eigenvalue weighted by molar-refractivity contribution is 0.0539. The number of aromatic nitrogens is 9. The first-order valence-electron chi connectivity index (χ1n) is 50.9. The fourth-order valence-electron chi connectivity index (χ4n) is 18.5. The van der Waals surface area contributed by atoms with Gasteiger partial charge in [0.15, 0.2) is 17.3 Å². The highest BCUT2D eigenvalue weighted by Crippen LogP contribution is 2.33. The van der Waals surface area contributed by atoms with Gasteiger partial charge in [-0.05, 0) is 297 Å². The van der Waals surface area contributed by atoms with E-state index in [1.165, 1.54) is 43.1 Å². The van der Waals surface area contributed by atoms with E-state index in [9.17, 15) is 52.6 Å². The Hall–Kier alpha value is -9.72. The largest absolute Gasteiger partial charge is 0.394 e. The van der Waals surface area contributed by atoms with Gasteiger partial charge in [0, 0.05) is 234 Å². The Morgan fingerprint density at radius 1 is 0.336 bits per heavy atom. The van der Waals surface area contributed by atoms with E-state index in [0.29, 0.717) is 93.3 Å². The van der Waals surface area contributed by atoms with E-state index in [-0.39, 0.29) is 93.3 Å². The van der Waals surface area contributed by atoms with Gasteiger partial charge in [-0.2, -0.15) is 0 Å². The number of hydrogen-bond acceptors (Lipinski definition) is 25. The highest BCUT2D eigenvalue weighted by molar-refractivity contribution is 6.33. The zero-order valence-electron chi connectivity index (χ0n) is 89.1. The van der Waals surface area contributed by atoms with Crippen LogP contribution in [0.2, 0.25) is 10.0 Å². The van der Waals surface area contributed by atoms with Crippen LogP contribution in [0.5, 0.6) is 0 Å². The van der Waals surface area contributed by atoms with Gasteiger partial charge in [-0.1, -0.05) is 23.2 Å². The molecule has 0 saturated carbocycles. The molecule has 7 aliphatic heterocycles. The highest BCUT2D eigenvalue weighted by atomic mass is 35.5. The normalized spacial score (nSPS) is 18.9. The molecule has 7 aromatic heterocycles. The van der Waals surface area contributed by atoms with E-state index < -0.39 is 28.6 Å². The van der Waals surface area contributed by atoms with Crippen molar-refractivity contribution in [1.82, 2.24) is 116 Å². The Morgan fingerprint density at radius 2 is 0.678 bits per heavy atom. The molecule has 7 amide bonds. The fraction of sp³-hybridized carbons (Fsp3) is 0.626. The molecule has 143 heavy (non-hydrogen) atoms. The van der Waals surface area contributed by atoms with E-state index in [1.807, 2.05) is 39.8 Å². The molecule has 0 bridgehead atoms. The summed E-state index contributed by atoms with van der Waals surface area (Å²) in [4.78, 5) is 139. The number of aliphatic hydroxyl groups is 2. The van der Waals surface area contributed by atoms with Gasteiger partial charge in [0.2, 0.25) is 0 Å². The summed E-state index contributed by atoms with van der Waals surface area (Å²) in [5.74, 6) is -2.74. The van der Waals surface area contributed by atoms with Crippen LogP contribution in [0, 0.1) is 39.3 Å². The van der Waals surface area contributed by atoms with Crippen LogP contribution in [0.15, 0.2) is 111 Å². The van der Waals surface area contributed by atoms with E-state index in [4.69, 9.17) is 23.2 Å². The monoisotopic (exact) mass is 2020 g/mol. The number of aryl methyl sites for hydroxylation is 3. The van der Waals surface area contributed by atoms with Crippen molar-refractivity contribution in [2.75, 3.05) is 105 Å². The fourth-order valence-corrected chi connectivity index (χ4v) is 18.9. The lowest BCUT2D eigenvalue weighted by Gasteiger charge is -2.42. The Labute approximate surface area is 858 Å². The molecule has 14 rings (SSSR count). The van der Waals surface area contributed by atoms with Crippen LogP contribution in [-0.4, -0.2) is 317 Å². The third-order valence-corrected chi connectivity index (χ3v) is 29.8. The van der Waals surface area contributed by atoms with Crippen LogP contribution < -0.4 is 37.2 Å². The first-order chi connectivity index (χ1) is 67.4. The molecule has 0 unspecified atom stereocenters. The molecular formula is C107H163Cl2F2N23O9. The molecule has 0 aliphatic carbocycles. The standard InChI is InChI=1S/C17H27N3O.C16H24ClN3O.C16H24FN3O.C15H22ClN3O2.C15H22FN3O2.2C14H22N4O/c1-12(2)20-8-6-17(5,7-9-20)19-16(21)15-10-13(3)18-14(4)11-15;1-11(2)20-7-5-16(4,6-8-20)19-15(21)13-9-18-10-14(17)12(13)3;1-11(2)20-7-5-16(4,6-8-20)19-15(21)13-9-12(3)18-10-14(13)17;2*1-11(2)19-8-5-15(10-20,6-9-19)18-14(21)13-12(16)4-3-7-17-13;1-11(2)18-8-4-14(3,5-9-18)17-13(19)12-10-15-6-7-16-12;1-11(2)18-6-4-14(3,5-7-18)17-13(19)12-8-15-10-16-9-12/h10-12H,6-9H2,1-5H3,(H,19,21);2*9-11H,5-8H2,1-4H3,(H,19,21);2*3-4,7,11,20H,5-6,8-10H2,1-2H3,(H,18,21);6-7,10-11H,4-5,8-9H2,1-3H3,(H,17,19);8-11H,4-7H2,1-3H3,(H,17,19). The molecule has 9 N–H and O–H groups in total. The molecule has 7 aromatic rings. The molecule has 32 nitrogen and oxygen atoms in total. The maximum Gasteiger partial charge on any atom is 0.273 e. The van der Waals surface area contributed by atoms with Gasteiger partial charge in [-0.3, -0.25) is 53.5 Å². The van der Waals surface area contributed by atoms with Crippen LogP contribution in [-0.2, 0) is 0 Å². The van der Waals surface area contributed by atoms with Crippen molar-refractivity contribution in [3.05, 3.63) is 194 Å². The number of amides is 7. The number of pyridine rings is 5. The third kappa shape index (κ3) is 36.4. The predicted octanol–water partition coefficient (Wildman–Crippen LogP) is 14.1. The number of halogens is 4. The SMILES string of the molecule is CC(C)N1CCC(C)(NC(=O)c2cnccn2)CC1.CC(C)N1CCC(C)(NC(=O)c2cncnc2)CC1.CC(C)N1CCC(CO)(NC(=O)c2ncccc2Cl)CC1.CC(C)N1CCC(CO)(NC(=O)c2ncccc2F)CC1.Cc1c(Cl)cncc1C(=O)NC1(C)CCN(C(C)C)CC1.Cc1cc(C(=O)NC2(C)CCN(C(C)C)CC2)c(F)cn1.Cc1cc(C(=O)NC2(C)CCN(C(C)C)CC2)cc(C)n1. The summed E-state index contributed by atoms with van der Waals surface area (Å²) in [6, 6.07) is 14.9. The van der Waals surface area contributed by atoms with Crippen molar-refractivity contribution < 1.29 is 52.6 Å². The summed E-state index contributed by atoms with van der Waals surface area (Å²) in [7, 11) is 0. The summed E-state index contributed by atoms with van der Waals surface area (Å²) in [5.41, 5.74) is 3.39. The first kappa shape index (κ1) is 119. The summed E-state index contributed by atoms with van der Waals surface area (Å²) < 4.78 is 27.3. The van der Waals surface area contributed by atoms with Gasteiger partial charge in [0.25, 0.3) is 41.4 Å². The predicted molar refractivity (Wildman–Crippen MR) is 560 cm³/mol. The minimum absolute atomic E-state index is 0.0177. The van der Waals surface area contributed by atoms with Crippen LogP contribution in [0.25, 0.3) is 0 Å². The van der Waals surface area contributed by atoms with E-state index >= 15 is 0 Å². The number of hydrogen-bond donors (Lipinski definition) is 9. The molecule has 7 aliphatic rings. The van der Waals surface area contributed by atoms with Gasteiger partial charge in [0.1, 0.15) is 17.7 Å². The van der Waals surface area contributed by atoms with Gasteiger partial charge < -0.3 is 81.7 Å². The van der Waals surface area contributed by atoms with Crippen LogP contribution in [0.4, 0.5) is 8.78 Å². The molecule has 7 saturated heterocycles. The van der Waals surface area contributed by atoms with Crippen molar-refractivity contribution in [2.24, 2.45) is 0 Å². The smallest absolute Gasteiger partial charge is 0.273 e. The molecule has 0 radical (unpaired) electrons. The first-order valence-corrected chi connectivity index (χ1v) is 51.7. The number of piperidine rings is 7. The molecule has 14 heterocycles. The van der Waals surface area contributed by atoms with Crippen molar-refractivity contribution >= 4 is 64.6 Å². The Balaban J connectivity index is 0.000000204. The molecule has 0 aromatic carbocycles. The Morgan fingerprint density at radius 3 is 1.03 bits per heavy atom. The third-order valence-electron chi connectivity index (χ3n) is 29.1. The minimum Gasteiger partial charge on any atom is -0.394 e. The quantitative estimate of drug-likeness (QED) is 0.0287. The molecule has 36 heteroatoms. The lowest BCUT2D eigenvalue weighted by Crippen LogP contribution is -2.58. The minimum atomic E-state index is -0.688. The zero-order valence-corrected chi connectivity index (χ0v) is 90.6. The molecule has 0 atom stereocenters. The van der Waals surface area contributed by atoms with Gasteiger partial charge in [0.05, 0.1) is 63.4 Å². The van der Waals surface area contributed by atoms with Gasteiger partial charge >= 0.3 is 0 Å². The van der Waals surface area contributed by atoms with Crippen molar-refractivity contribution in [2.45, 2.75) is 330 Å². The maximum absolute atomic E-state index is 13.7. The second-order valence-corrected chi connectivity index (χ2v) is 43.7. The number of nitrogens with zero attached hydrogens (tertiary/aromatic N) is 16. The highest BCUT2D eigenvalue weighted by Gasteiger charge is 2.42. The van der Waals surface area contributed by atoms with Crippen molar-refractivity contribution in [1.29, 1.82) is 0 Å². The van der Waals surface area contributed by atoms with E-state index in [0.717, 1.165) is 192 Å². The molecular weight excluding hydrogens is 1860 g/mol. The average Bonchev–Trinajstić information content (AvgIpc) is 0.871. The number of carbonyl (C=O) groups excluding carboxylic acids is 7. The van der Waals surface area contributed by atoms with Crippen LogP contribution in [0.1, 0.15) is 317 Å². The summed E-state index contributed by atoms with van der Waals surface area (Å²) in [5, 5.41) is 41.6. The molecule has 788 valence electrons. The molecule has 7 fully saturated rings. The van der Waals surface area contributed by atoms with Crippen LogP contribution in [0.3, 0.4) is 0 Å². The number of aliphatic hydroxyl groups excluding tert-OH is 2. The van der Waals surface area contributed by atoms with Crippen LogP contribution >= 0.6 is 23.2 Å². The Bertz CT molecular complexity index is 4960.